The fourth-order valence-electron chi connectivity index (χ4n) is 16.9. The van der Waals surface area contributed by atoms with Gasteiger partial charge in [-0.15, -0.1) is 0 Å². The number of fused-ring (bicyclic) bond motifs is 4. The molecule has 12 aromatic rings. The van der Waals surface area contributed by atoms with Crippen molar-refractivity contribution >= 4 is 133 Å². The van der Waals surface area contributed by atoms with Crippen molar-refractivity contribution in [2.75, 3.05) is 14.2 Å². The van der Waals surface area contributed by atoms with Crippen molar-refractivity contribution in [2.24, 2.45) is 0 Å². The first-order chi connectivity index (χ1) is 48.5. The lowest BCUT2D eigenvalue weighted by molar-refractivity contribution is 0.0514. The van der Waals surface area contributed by atoms with Gasteiger partial charge < -0.3 is 9.47 Å². The molecule has 16 nitrogen and oxygen atoms in total. The van der Waals surface area contributed by atoms with Gasteiger partial charge >= 0.3 is 0 Å². The Morgan fingerprint density at radius 2 is 0.560 bits per heavy atom. The van der Waals surface area contributed by atoms with E-state index in [0.717, 1.165) is 0 Å². The summed E-state index contributed by atoms with van der Waals surface area (Å²) in [7, 11) is 3.10. The highest BCUT2D eigenvalue weighted by molar-refractivity contribution is 6.45. The summed E-state index contributed by atoms with van der Waals surface area (Å²) in [6.45, 7) is 15.7. The number of pyridine rings is 2. The second-order valence-electron chi connectivity index (χ2n) is 26.5. The lowest BCUT2D eigenvalue weighted by atomic mass is 9.80. The van der Waals surface area contributed by atoms with Crippen molar-refractivity contribution in [2.45, 2.75) is 131 Å². The Kier molecular flexibility index (Phi) is 14.9. The number of benzene rings is 10. The average Bonchev–Trinajstić information content (AvgIpc) is 0.685. The molecule has 4 aliphatic rings. The van der Waals surface area contributed by atoms with Crippen molar-refractivity contribution in [3.63, 3.8) is 0 Å². The van der Waals surface area contributed by atoms with Gasteiger partial charge in [-0.3, -0.25) is 67.9 Å². The van der Waals surface area contributed by atoms with Crippen LogP contribution in [0.1, 0.15) is 212 Å². The highest BCUT2D eigenvalue weighted by atomic mass is 16.5. The second kappa shape index (κ2) is 23.6. The molecule has 100 heavy (non-hydrogen) atoms. The number of amides is 8. The number of hydrogen-bond donors (Lipinski definition) is 0. The third kappa shape index (κ3) is 8.61. The molecule has 0 unspecified atom stereocenters. The zero-order valence-corrected chi connectivity index (χ0v) is 57.1. The number of carbonyl (C=O) groups is 8. The quantitative estimate of drug-likeness (QED) is 0.0409. The standard InChI is InChI=1S/C84H68N6O10/c1-11-45(12-2)87-77(91)53-31-27-51-71-63(99-9)37-59-69-55(79(93)89(83(59)97)47(15-5)16-6)29-25-49(75(69)71)65-43(35-57(81(87)95)67(53)73(51)65)23-19-41-21-33-61(85-39-41)62-34-22-42(40-86-62)20-24-44-36-58-68-54(78(92)88(82(58)96)46(13-3)14-4)32-28-52-72-64(100-10)38-60-70-56(30-26-50(76(70)72)66(44)74(52)68)80(94)90(84(60)98)48(17-7)18-8/h21-22,25-40,45-48H,11-18H2,1-10H3. The summed E-state index contributed by atoms with van der Waals surface area (Å²) < 4.78 is 12.3. The maximum atomic E-state index is 15.0. The molecule has 0 aliphatic carbocycles. The van der Waals surface area contributed by atoms with Crippen LogP contribution in [0.2, 0.25) is 0 Å². The third-order valence-electron chi connectivity index (χ3n) is 21.9. The molecule has 16 rings (SSSR count). The number of ether oxygens (including phenoxy) is 2. The van der Waals surface area contributed by atoms with Gasteiger partial charge in [0.25, 0.3) is 47.3 Å². The molecule has 0 saturated heterocycles. The van der Waals surface area contributed by atoms with Gasteiger partial charge in [0.15, 0.2) is 0 Å². The van der Waals surface area contributed by atoms with E-state index in [2.05, 4.69) is 23.7 Å². The Labute approximate surface area is 575 Å². The number of carbonyl (C=O) groups excluding carboxylic acids is 8. The smallest absolute Gasteiger partial charge is 0.261 e. The van der Waals surface area contributed by atoms with E-state index in [9.17, 15) is 38.4 Å². The van der Waals surface area contributed by atoms with Crippen molar-refractivity contribution in [1.29, 1.82) is 0 Å². The zero-order valence-electron chi connectivity index (χ0n) is 57.1. The van der Waals surface area contributed by atoms with Crippen LogP contribution >= 0.6 is 0 Å². The molecule has 0 spiro atoms. The Hall–Kier alpha value is -11.6. The first kappa shape index (κ1) is 63.1. The van der Waals surface area contributed by atoms with Gasteiger partial charge in [0.05, 0.1) is 36.7 Å². The van der Waals surface area contributed by atoms with Gasteiger partial charge in [-0.25, -0.2) is 0 Å². The Morgan fingerprint density at radius 1 is 0.300 bits per heavy atom. The normalized spacial score (nSPS) is 14.5. The molecule has 2 aromatic heterocycles. The molecule has 0 N–H and O–H groups in total. The van der Waals surface area contributed by atoms with Gasteiger partial charge in [-0.2, -0.15) is 0 Å². The summed E-state index contributed by atoms with van der Waals surface area (Å²) in [6.07, 6.45) is 7.94. The molecule has 4 aliphatic heterocycles. The average molecular weight is 1320 g/mol. The molecule has 494 valence electrons. The van der Waals surface area contributed by atoms with Crippen LogP contribution in [0, 0.1) is 23.7 Å². The minimum atomic E-state index is -0.412. The molecule has 6 heterocycles. The summed E-state index contributed by atoms with van der Waals surface area (Å²) in [5, 5.41) is 9.96. The monoisotopic (exact) mass is 1320 g/mol. The van der Waals surface area contributed by atoms with Crippen LogP contribution in [0.4, 0.5) is 0 Å². The second-order valence-corrected chi connectivity index (χ2v) is 26.5. The summed E-state index contributed by atoms with van der Waals surface area (Å²) >= 11 is 0. The molecule has 0 bridgehead atoms. The van der Waals surface area contributed by atoms with Gasteiger partial charge in [0.2, 0.25) is 0 Å². The van der Waals surface area contributed by atoms with Crippen molar-refractivity contribution in [3.05, 3.63) is 176 Å². The first-order valence-electron chi connectivity index (χ1n) is 34.7. The van der Waals surface area contributed by atoms with E-state index in [1.165, 1.54) is 19.6 Å². The van der Waals surface area contributed by atoms with Crippen LogP contribution in [0.25, 0.3) is 97.6 Å². The van der Waals surface area contributed by atoms with Gasteiger partial charge in [-0.05, 0) is 146 Å². The van der Waals surface area contributed by atoms with Crippen LogP contribution in [0.5, 0.6) is 11.5 Å². The minimum Gasteiger partial charge on any atom is -0.496 e. The van der Waals surface area contributed by atoms with E-state index in [4.69, 9.17) is 19.4 Å². The van der Waals surface area contributed by atoms with Gasteiger partial charge in [0.1, 0.15) is 11.5 Å². The predicted molar refractivity (Wildman–Crippen MR) is 387 cm³/mol. The predicted octanol–water partition coefficient (Wildman–Crippen LogP) is 16.2. The third-order valence-corrected chi connectivity index (χ3v) is 21.9. The van der Waals surface area contributed by atoms with E-state index in [1.807, 2.05) is 104 Å². The van der Waals surface area contributed by atoms with Crippen molar-refractivity contribution < 1.29 is 47.8 Å². The Balaban J connectivity index is 0.810. The van der Waals surface area contributed by atoms with E-state index < -0.39 is 23.6 Å². The van der Waals surface area contributed by atoms with E-state index in [1.54, 1.807) is 75.1 Å². The summed E-state index contributed by atoms with van der Waals surface area (Å²) in [5.74, 6) is 11.3. The lowest BCUT2D eigenvalue weighted by Gasteiger charge is -2.35. The maximum absolute atomic E-state index is 15.0. The fraction of sp³-hybridized carbons (Fsp3) is 0.262. The molecular weight excluding hydrogens is 1250 g/mol. The van der Waals surface area contributed by atoms with Gasteiger partial charge in [0, 0.05) is 157 Å². The van der Waals surface area contributed by atoms with E-state index in [-0.39, 0.29) is 47.8 Å². The number of imide groups is 4. The number of methoxy groups -OCH3 is 2. The van der Waals surface area contributed by atoms with E-state index >= 15 is 0 Å². The highest BCUT2D eigenvalue weighted by Crippen LogP contribution is 2.53. The Morgan fingerprint density at radius 3 is 0.820 bits per heavy atom. The summed E-state index contributed by atoms with van der Waals surface area (Å²) in [5.41, 5.74) is 6.17. The van der Waals surface area contributed by atoms with Crippen molar-refractivity contribution in [1.82, 2.24) is 29.6 Å². The van der Waals surface area contributed by atoms with Crippen LogP contribution in [0.3, 0.4) is 0 Å². The van der Waals surface area contributed by atoms with Crippen LogP contribution in [0.15, 0.2) is 109 Å². The largest absolute Gasteiger partial charge is 0.496 e. The summed E-state index contributed by atoms with van der Waals surface area (Å²) in [6, 6.07) is 27.6. The minimum absolute atomic E-state index is 0.311. The lowest BCUT2D eigenvalue weighted by Crippen LogP contribution is -2.46. The van der Waals surface area contributed by atoms with Crippen LogP contribution < -0.4 is 9.47 Å². The van der Waals surface area contributed by atoms with E-state index in [0.29, 0.717) is 227 Å². The molecule has 10 aromatic carbocycles. The summed E-state index contributed by atoms with van der Waals surface area (Å²) in [4.78, 5) is 133. The number of hydrogen-bond acceptors (Lipinski definition) is 12. The zero-order chi connectivity index (χ0) is 69.8. The van der Waals surface area contributed by atoms with Crippen LogP contribution in [-0.4, -0.2) is 115 Å². The van der Waals surface area contributed by atoms with Crippen molar-refractivity contribution in [3.8, 4) is 46.6 Å². The van der Waals surface area contributed by atoms with Gasteiger partial charge in [-0.1, -0.05) is 103 Å². The molecule has 0 atom stereocenters. The molecular formula is C84H68N6O10. The fourth-order valence-corrected chi connectivity index (χ4v) is 16.9. The highest BCUT2D eigenvalue weighted by Gasteiger charge is 2.44. The molecule has 16 heteroatoms. The van der Waals surface area contributed by atoms with Crippen LogP contribution in [-0.2, 0) is 0 Å². The Bertz CT molecular complexity index is 5500. The molecule has 0 fully saturated rings. The number of rotatable bonds is 15. The number of nitrogens with zero attached hydrogens (tertiary/aromatic N) is 6. The number of aromatic nitrogens is 2. The molecule has 0 radical (unpaired) electrons. The molecule has 8 amide bonds. The topological polar surface area (TPSA) is 194 Å². The molecule has 0 saturated carbocycles. The first-order valence-corrected chi connectivity index (χ1v) is 34.7. The SMILES string of the molecule is CCC(CC)N1C(=O)c2ccc3c4c(OC)cc5c6c(ccc(c7c(C#Cc8ccc(-c9ccc(C#Cc%10cc%11c%12c(ccc%13c%14c(OC)cc%15c%16c(ccc(c%10c%12%13)c%16%14)C(=O)N(C(CC)CC)C%15=O)C(=O)N(C(CC)CC)C%11=O)cn9)nc8)cc(c2c37)C1=O)c64)C(=O)N(C(CC)CC)C5=O. The maximum Gasteiger partial charge on any atom is 0.261 e.